The van der Waals surface area contributed by atoms with Crippen molar-refractivity contribution in [1.82, 2.24) is 10.2 Å². The molecule has 0 radical (unpaired) electrons. The lowest BCUT2D eigenvalue weighted by atomic mass is 10.0. The number of hydrogen-bond donors (Lipinski definition) is 1. The molecule has 0 saturated carbocycles. The van der Waals surface area contributed by atoms with E-state index < -0.39 is 28.5 Å². The third-order valence-electron chi connectivity index (χ3n) is 7.85. The second kappa shape index (κ2) is 16.2. The lowest BCUT2D eigenvalue weighted by Gasteiger charge is -2.34. The average Bonchev–Trinajstić information content (AvgIpc) is 3.07. The summed E-state index contributed by atoms with van der Waals surface area (Å²) < 4.78 is 35.1. The van der Waals surface area contributed by atoms with Gasteiger partial charge in [0.2, 0.25) is 11.8 Å². The summed E-state index contributed by atoms with van der Waals surface area (Å²) >= 11 is 12.6. The summed E-state index contributed by atoms with van der Waals surface area (Å²) in [6.07, 6.45) is 0.871. The van der Waals surface area contributed by atoms with Crippen LogP contribution >= 0.6 is 23.2 Å². The van der Waals surface area contributed by atoms with Crippen molar-refractivity contribution in [2.45, 2.75) is 57.1 Å². The molecule has 4 aromatic rings. The zero-order chi connectivity index (χ0) is 34.1. The van der Waals surface area contributed by atoms with E-state index in [4.69, 9.17) is 27.9 Å². The van der Waals surface area contributed by atoms with E-state index >= 15 is 0 Å². The second-order valence-electron chi connectivity index (χ2n) is 11.3. The fourth-order valence-electron chi connectivity index (χ4n) is 5.02. The van der Waals surface area contributed by atoms with Gasteiger partial charge in [-0.25, -0.2) is 8.42 Å². The number of halogens is 2. The van der Waals surface area contributed by atoms with Gasteiger partial charge in [0.15, 0.2) is 0 Å². The largest absolute Gasteiger partial charge is 0.495 e. The molecule has 1 N–H and O–H groups in total. The van der Waals surface area contributed by atoms with Crippen LogP contribution in [-0.4, -0.2) is 50.9 Å². The van der Waals surface area contributed by atoms with E-state index in [-0.39, 0.29) is 46.3 Å². The molecule has 0 saturated heterocycles. The lowest BCUT2D eigenvalue weighted by Crippen LogP contribution is -2.54. The predicted octanol–water partition coefficient (Wildman–Crippen LogP) is 7.06. The van der Waals surface area contributed by atoms with Crippen LogP contribution in [0.25, 0.3) is 0 Å². The molecule has 2 atom stereocenters. The Bertz CT molecular complexity index is 1790. The van der Waals surface area contributed by atoms with Crippen LogP contribution in [0.4, 0.5) is 5.69 Å². The van der Waals surface area contributed by atoms with E-state index in [0.29, 0.717) is 17.0 Å². The second-order valence-corrected chi connectivity index (χ2v) is 14.0. The molecule has 4 aromatic carbocycles. The Labute approximate surface area is 287 Å². The van der Waals surface area contributed by atoms with Gasteiger partial charge in [-0.3, -0.25) is 13.9 Å². The van der Waals surface area contributed by atoms with Gasteiger partial charge >= 0.3 is 0 Å². The van der Waals surface area contributed by atoms with E-state index in [2.05, 4.69) is 5.32 Å². The molecule has 0 aliphatic carbocycles. The van der Waals surface area contributed by atoms with Crippen molar-refractivity contribution in [2.24, 2.45) is 0 Å². The van der Waals surface area contributed by atoms with Crippen molar-refractivity contribution in [3.05, 3.63) is 124 Å². The van der Waals surface area contributed by atoms with E-state index in [9.17, 15) is 18.0 Å². The highest BCUT2D eigenvalue weighted by atomic mass is 35.5. The van der Waals surface area contributed by atoms with Crippen LogP contribution in [0.5, 0.6) is 5.75 Å². The van der Waals surface area contributed by atoms with Crippen molar-refractivity contribution in [3.8, 4) is 5.75 Å². The molecule has 47 heavy (non-hydrogen) atoms. The summed E-state index contributed by atoms with van der Waals surface area (Å²) in [7, 11) is -2.84. The standard InChI is InChI=1S/C36H39Cl2N3O5S/c1-5-26(3)39-36(43)33(22-27-11-7-6-8-12-27)40(23-28-17-20-30(37)31(38)21-28)35(42)24-41(32-13-9-10-14-34(32)46-4)47(44,45)29-18-15-25(2)16-19-29/h6-21,26,33H,5,22-24H2,1-4H3,(H,39,43)/t26-,33+/m0/s1. The molecule has 248 valence electrons. The number of amides is 2. The van der Waals surface area contributed by atoms with Crippen molar-refractivity contribution in [2.75, 3.05) is 18.0 Å². The quantitative estimate of drug-likeness (QED) is 0.152. The fourth-order valence-corrected chi connectivity index (χ4v) is 6.76. The third-order valence-corrected chi connectivity index (χ3v) is 10.4. The normalized spacial score (nSPS) is 12.6. The Morgan fingerprint density at radius 2 is 1.53 bits per heavy atom. The topological polar surface area (TPSA) is 96.0 Å². The summed E-state index contributed by atoms with van der Waals surface area (Å²) in [5.41, 5.74) is 2.51. The highest BCUT2D eigenvalue weighted by Crippen LogP contribution is 2.33. The Morgan fingerprint density at radius 3 is 2.17 bits per heavy atom. The number of methoxy groups -OCH3 is 1. The number of sulfonamides is 1. The number of benzene rings is 4. The number of para-hydroxylation sites is 2. The van der Waals surface area contributed by atoms with Gasteiger partial charge in [0, 0.05) is 19.0 Å². The maximum absolute atomic E-state index is 14.6. The number of aryl methyl sites for hydroxylation is 1. The number of hydrogen-bond acceptors (Lipinski definition) is 5. The van der Waals surface area contributed by atoms with Gasteiger partial charge in [-0.15, -0.1) is 0 Å². The van der Waals surface area contributed by atoms with E-state index in [1.807, 2.05) is 51.1 Å². The first-order chi connectivity index (χ1) is 22.4. The van der Waals surface area contributed by atoms with Crippen LogP contribution in [-0.2, 0) is 32.6 Å². The summed E-state index contributed by atoms with van der Waals surface area (Å²) in [5.74, 6) is -0.692. The highest BCUT2D eigenvalue weighted by Gasteiger charge is 2.35. The van der Waals surface area contributed by atoms with E-state index in [1.165, 1.54) is 24.1 Å². The third kappa shape index (κ3) is 9.06. The van der Waals surface area contributed by atoms with Crippen LogP contribution in [0, 0.1) is 6.92 Å². The maximum Gasteiger partial charge on any atom is 0.264 e. The van der Waals surface area contributed by atoms with Crippen molar-refractivity contribution >= 4 is 50.7 Å². The first-order valence-electron chi connectivity index (χ1n) is 15.2. The zero-order valence-corrected chi connectivity index (χ0v) is 29.1. The molecule has 11 heteroatoms. The number of carbonyl (C=O) groups is 2. The van der Waals surface area contributed by atoms with Crippen LogP contribution in [0.15, 0.2) is 102 Å². The number of carbonyl (C=O) groups excluding carboxylic acids is 2. The van der Waals surface area contributed by atoms with Gasteiger partial charge in [0.05, 0.1) is 27.7 Å². The monoisotopic (exact) mass is 695 g/mol. The van der Waals surface area contributed by atoms with Crippen molar-refractivity contribution in [1.29, 1.82) is 0 Å². The lowest BCUT2D eigenvalue weighted by molar-refractivity contribution is -0.140. The molecular weight excluding hydrogens is 657 g/mol. The van der Waals surface area contributed by atoms with E-state index in [1.54, 1.807) is 54.6 Å². The van der Waals surface area contributed by atoms with Crippen LogP contribution in [0.2, 0.25) is 10.0 Å². The van der Waals surface area contributed by atoms with Gasteiger partial charge in [0.25, 0.3) is 10.0 Å². The Morgan fingerprint density at radius 1 is 0.872 bits per heavy atom. The number of anilines is 1. The SMILES string of the molecule is CC[C@H](C)NC(=O)[C@@H](Cc1ccccc1)N(Cc1ccc(Cl)c(Cl)c1)C(=O)CN(c1ccccc1OC)S(=O)(=O)c1ccc(C)cc1. The maximum atomic E-state index is 14.6. The van der Waals surface area contributed by atoms with Gasteiger partial charge in [-0.1, -0.05) is 96.4 Å². The van der Waals surface area contributed by atoms with Crippen molar-refractivity contribution in [3.63, 3.8) is 0 Å². The summed E-state index contributed by atoms with van der Waals surface area (Å²) in [4.78, 5) is 30.0. The molecular formula is C36H39Cl2N3O5S. The van der Waals surface area contributed by atoms with Crippen LogP contribution < -0.4 is 14.4 Å². The molecule has 0 aliphatic heterocycles. The molecule has 2 amide bonds. The molecule has 4 rings (SSSR count). The molecule has 8 nitrogen and oxygen atoms in total. The van der Waals surface area contributed by atoms with Crippen molar-refractivity contribution < 1.29 is 22.7 Å². The Hall–Kier alpha value is -4.05. The van der Waals surface area contributed by atoms with Gasteiger partial charge in [-0.2, -0.15) is 0 Å². The Balaban J connectivity index is 1.85. The Kier molecular flexibility index (Phi) is 12.3. The zero-order valence-electron chi connectivity index (χ0n) is 26.8. The molecule has 0 aromatic heterocycles. The minimum absolute atomic E-state index is 0.00758. The van der Waals surface area contributed by atoms with Gasteiger partial charge in [0.1, 0.15) is 18.3 Å². The smallest absolute Gasteiger partial charge is 0.264 e. The number of rotatable bonds is 14. The summed E-state index contributed by atoms with van der Waals surface area (Å²) in [5, 5.41) is 3.66. The van der Waals surface area contributed by atoms with Crippen LogP contribution in [0.1, 0.15) is 37.0 Å². The minimum atomic E-state index is -4.28. The molecule has 0 spiro atoms. The summed E-state index contributed by atoms with van der Waals surface area (Å²) in [6.45, 7) is 5.05. The molecule has 0 bridgehead atoms. The first-order valence-corrected chi connectivity index (χ1v) is 17.4. The van der Waals surface area contributed by atoms with E-state index in [0.717, 1.165) is 15.4 Å². The number of nitrogens with one attached hydrogen (secondary N) is 1. The van der Waals surface area contributed by atoms with Gasteiger partial charge in [-0.05, 0) is 67.8 Å². The number of ether oxygens (including phenoxy) is 1. The first kappa shape index (κ1) is 35.8. The predicted molar refractivity (Wildman–Crippen MR) is 188 cm³/mol. The molecule has 0 heterocycles. The molecule has 0 fully saturated rings. The van der Waals surface area contributed by atoms with Crippen LogP contribution in [0.3, 0.4) is 0 Å². The summed E-state index contributed by atoms with van der Waals surface area (Å²) in [6, 6.07) is 26.2. The average molecular weight is 697 g/mol. The highest BCUT2D eigenvalue weighted by molar-refractivity contribution is 7.92. The van der Waals surface area contributed by atoms with Gasteiger partial charge < -0.3 is 15.0 Å². The molecule has 0 aliphatic rings. The minimum Gasteiger partial charge on any atom is -0.495 e. The fraction of sp³-hybridized carbons (Fsp3) is 0.278. The number of nitrogens with zero attached hydrogens (tertiary/aromatic N) is 2. The molecule has 0 unspecified atom stereocenters.